The summed E-state index contributed by atoms with van der Waals surface area (Å²) < 4.78 is 4.54. The number of nitrogens with zero attached hydrogens (tertiary/aromatic N) is 5. The maximum Gasteiger partial charge on any atom is 0.166 e. The van der Waals surface area contributed by atoms with E-state index in [4.69, 9.17) is 15.0 Å². The third-order valence-corrected chi connectivity index (χ3v) is 8.82. The van der Waals surface area contributed by atoms with Crippen LogP contribution in [0.15, 0.2) is 116 Å². The lowest BCUT2D eigenvalue weighted by molar-refractivity contribution is 1.18. The van der Waals surface area contributed by atoms with Crippen molar-refractivity contribution in [3.63, 3.8) is 0 Å². The first-order valence-corrected chi connectivity index (χ1v) is 13.9. The Kier molecular flexibility index (Phi) is 3.92. The highest BCUT2D eigenvalue weighted by Crippen LogP contribution is 2.49. The maximum atomic E-state index is 5.15. The molecule has 0 spiro atoms. The van der Waals surface area contributed by atoms with E-state index in [1.807, 2.05) is 30.6 Å². The minimum atomic E-state index is 0.842. The molecular weight excluding hydrogens is 502 g/mol. The SMILES string of the molecule is c1ccc(-n2c3ccccc3c3c4c(ccc32)Cc2c-4ccc3c4cccnc4n4c5ncccc5nc4c23)cc1. The zero-order valence-electron chi connectivity index (χ0n) is 21.9. The molecule has 190 valence electrons. The zero-order valence-corrected chi connectivity index (χ0v) is 21.9. The van der Waals surface area contributed by atoms with Gasteiger partial charge in [-0.2, -0.15) is 0 Å². The second kappa shape index (κ2) is 7.55. The Bertz CT molecular complexity index is 2550. The summed E-state index contributed by atoms with van der Waals surface area (Å²) in [7, 11) is 0. The van der Waals surface area contributed by atoms with Gasteiger partial charge in [0.2, 0.25) is 0 Å². The van der Waals surface area contributed by atoms with Crippen molar-refractivity contribution in [2.24, 2.45) is 0 Å². The lowest BCUT2D eigenvalue weighted by Gasteiger charge is -2.12. The van der Waals surface area contributed by atoms with Crippen LogP contribution in [0.4, 0.5) is 0 Å². The molecule has 0 amide bonds. The Morgan fingerprint density at radius 1 is 0.561 bits per heavy atom. The molecular formula is C36H21N5. The van der Waals surface area contributed by atoms with Crippen LogP contribution in [-0.4, -0.2) is 23.9 Å². The van der Waals surface area contributed by atoms with E-state index >= 15 is 0 Å². The number of hydrogen-bond donors (Lipinski definition) is 0. The fourth-order valence-electron chi connectivity index (χ4n) is 7.22. The number of hydrogen-bond acceptors (Lipinski definition) is 3. The number of imidazole rings is 1. The lowest BCUT2D eigenvalue weighted by Crippen LogP contribution is -1.97. The molecule has 4 aromatic carbocycles. The van der Waals surface area contributed by atoms with Gasteiger partial charge < -0.3 is 4.57 Å². The van der Waals surface area contributed by atoms with Gasteiger partial charge in [-0.1, -0.05) is 54.6 Å². The summed E-state index contributed by atoms with van der Waals surface area (Å²) in [4.78, 5) is 14.7. The van der Waals surface area contributed by atoms with E-state index < -0.39 is 0 Å². The highest BCUT2D eigenvalue weighted by Gasteiger charge is 2.28. The van der Waals surface area contributed by atoms with Crippen LogP contribution < -0.4 is 0 Å². The molecule has 0 saturated heterocycles. The van der Waals surface area contributed by atoms with Gasteiger partial charge in [0, 0.05) is 39.6 Å². The van der Waals surface area contributed by atoms with E-state index in [1.165, 1.54) is 60.5 Å². The molecule has 5 aromatic heterocycles. The molecule has 9 aromatic rings. The molecule has 0 aliphatic heterocycles. The third kappa shape index (κ3) is 2.63. The molecule has 0 bridgehead atoms. The van der Waals surface area contributed by atoms with Crippen molar-refractivity contribution in [1.82, 2.24) is 23.9 Å². The Balaban J connectivity index is 1.38. The minimum absolute atomic E-state index is 0.842. The van der Waals surface area contributed by atoms with Gasteiger partial charge in [0.25, 0.3) is 0 Å². The van der Waals surface area contributed by atoms with Gasteiger partial charge in [0.1, 0.15) is 16.8 Å². The summed E-state index contributed by atoms with van der Waals surface area (Å²) in [6.45, 7) is 0. The Morgan fingerprint density at radius 3 is 2.29 bits per heavy atom. The van der Waals surface area contributed by atoms with Crippen molar-refractivity contribution in [2.45, 2.75) is 6.42 Å². The number of para-hydroxylation sites is 2. The summed E-state index contributed by atoms with van der Waals surface area (Å²) in [5, 5.41) is 6.08. The normalized spacial score (nSPS) is 12.8. The molecule has 1 aliphatic rings. The molecule has 1 aliphatic carbocycles. The number of fused-ring (bicyclic) bond motifs is 16. The molecule has 41 heavy (non-hydrogen) atoms. The molecule has 0 fully saturated rings. The fourth-order valence-corrected chi connectivity index (χ4v) is 7.22. The predicted molar refractivity (Wildman–Crippen MR) is 166 cm³/mol. The van der Waals surface area contributed by atoms with Gasteiger partial charge in [-0.05, 0) is 82.6 Å². The van der Waals surface area contributed by atoms with Gasteiger partial charge in [-0.3, -0.25) is 4.40 Å². The molecule has 0 N–H and O–H groups in total. The van der Waals surface area contributed by atoms with Crippen LogP contribution in [0, 0.1) is 0 Å². The Hall–Kier alpha value is -5.55. The van der Waals surface area contributed by atoms with Gasteiger partial charge in [0.15, 0.2) is 5.65 Å². The molecule has 10 rings (SSSR count). The van der Waals surface area contributed by atoms with Crippen LogP contribution in [0.25, 0.3) is 77.2 Å². The van der Waals surface area contributed by atoms with E-state index in [2.05, 4.69) is 93.9 Å². The number of aromatic nitrogens is 5. The summed E-state index contributed by atoms with van der Waals surface area (Å²) in [6.07, 6.45) is 4.55. The standard InChI is InChI=1S/C36H21N5/c1-2-8-22(9-3-1)40-29-13-5-4-10-26(29)33-30(40)17-14-21-20-27-24(31(21)33)16-15-23-25-11-6-18-37-34(25)41-35-28(12-7-19-38-35)39-36(41)32(23)27/h1-19H,20H2. The summed E-state index contributed by atoms with van der Waals surface area (Å²) in [5.74, 6) is 0. The van der Waals surface area contributed by atoms with Crippen molar-refractivity contribution in [3.05, 3.63) is 127 Å². The van der Waals surface area contributed by atoms with Crippen molar-refractivity contribution < 1.29 is 0 Å². The molecule has 0 atom stereocenters. The van der Waals surface area contributed by atoms with Crippen LogP contribution in [0.5, 0.6) is 0 Å². The second-order valence-electron chi connectivity index (χ2n) is 10.9. The lowest BCUT2D eigenvalue weighted by atomic mass is 9.96. The first kappa shape index (κ1) is 21.3. The molecule has 0 saturated carbocycles. The molecule has 5 heterocycles. The first-order valence-electron chi connectivity index (χ1n) is 13.9. The van der Waals surface area contributed by atoms with Crippen LogP contribution in [0.2, 0.25) is 0 Å². The average Bonchev–Trinajstić information content (AvgIpc) is 3.71. The van der Waals surface area contributed by atoms with Crippen LogP contribution in [0.3, 0.4) is 0 Å². The minimum Gasteiger partial charge on any atom is -0.309 e. The van der Waals surface area contributed by atoms with E-state index in [0.717, 1.165) is 34.3 Å². The predicted octanol–water partition coefficient (Wildman–Crippen LogP) is 8.25. The van der Waals surface area contributed by atoms with Crippen molar-refractivity contribution in [3.8, 4) is 16.8 Å². The summed E-state index contributed by atoms with van der Waals surface area (Å²) >= 11 is 0. The Morgan fingerprint density at radius 2 is 1.37 bits per heavy atom. The molecule has 0 unspecified atom stereocenters. The Labute approximate surface area is 234 Å². The number of rotatable bonds is 1. The van der Waals surface area contributed by atoms with Crippen molar-refractivity contribution in [2.75, 3.05) is 0 Å². The fraction of sp³-hybridized carbons (Fsp3) is 0.0278. The highest BCUT2D eigenvalue weighted by molar-refractivity contribution is 6.21. The van der Waals surface area contributed by atoms with E-state index in [9.17, 15) is 0 Å². The quantitative estimate of drug-likeness (QED) is 0.204. The van der Waals surface area contributed by atoms with Gasteiger partial charge in [-0.15, -0.1) is 0 Å². The van der Waals surface area contributed by atoms with Gasteiger partial charge in [-0.25, -0.2) is 15.0 Å². The smallest absolute Gasteiger partial charge is 0.166 e. The third-order valence-electron chi connectivity index (χ3n) is 8.82. The van der Waals surface area contributed by atoms with E-state index in [0.29, 0.717) is 0 Å². The highest BCUT2D eigenvalue weighted by atomic mass is 15.1. The molecule has 5 nitrogen and oxygen atoms in total. The van der Waals surface area contributed by atoms with Gasteiger partial charge in [0.05, 0.1) is 11.0 Å². The van der Waals surface area contributed by atoms with Crippen LogP contribution in [0.1, 0.15) is 11.1 Å². The molecule has 5 heteroatoms. The second-order valence-corrected chi connectivity index (χ2v) is 10.9. The first-order chi connectivity index (χ1) is 20.4. The maximum absolute atomic E-state index is 5.15. The van der Waals surface area contributed by atoms with E-state index in [1.54, 1.807) is 0 Å². The monoisotopic (exact) mass is 523 g/mol. The summed E-state index contributed by atoms with van der Waals surface area (Å²) in [5.41, 5.74) is 12.5. The van der Waals surface area contributed by atoms with Crippen molar-refractivity contribution >= 4 is 60.4 Å². The number of pyridine rings is 3. The van der Waals surface area contributed by atoms with Crippen LogP contribution in [-0.2, 0) is 6.42 Å². The molecule has 0 radical (unpaired) electrons. The van der Waals surface area contributed by atoms with E-state index in [-0.39, 0.29) is 0 Å². The van der Waals surface area contributed by atoms with Gasteiger partial charge >= 0.3 is 0 Å². The topological polar surface area (TPSA) is 48.0 Å². The largest absolute Gasteiger partial charge is 0.309 e. The summed E-state index contributed by atoms with van der Waals surface area (Å²) in [6, 6.07) is 36.8. The zero-order chi connectivity index (χ0) is 26.7. The van der Waals surface area contributed by atoms with Crippen LogP contribution >= 0.6 is 0 Å². The van der Waals surface area contributed by atoms with Crippen molar-refractivity contribution in [1.29, 1.82) is 0 Å². The number of benzene rings is 4. The average molecular weight is 524 g/mol.